The maximum atomic E-state index is 12.1. The molecule has 0 spiro atoms. The molecule has 1 rings (SSSR count). The predicted molar refractivity (Wildman–Crippen MR) is 117 cm³/mol. The van der Waals surface area contributed by atoms with E-state index < -0.39 is 10.8 Å². The van der Waals surface area contributed by atoms with Gasteiger partial charge in [-0.15, -0.1) is 24.0 Å². The Balaban J connectivity index is 0.00000576. The fourth-order valence-electron chi connectivity index (χ4n) is 1.90. The van der Waals surface area contributed by atoms with Crippen molar-refractivity contribution in [1.29, 1.82) is 0 Å². The Hall–Kier alpha value is -1.03. The van der Waals surface area contributed by atoms with E-state index in [9.17, 15) is 4.21 Å². The van der Waals surface area contributed by atoms with Gasteiger partial charge in [-0.25, -0.2) is 0 Å². The van der Waals surface area contributed by atoms with Crippen molar-refractivity contribution in [2.75, 3.05) is 38.4 Å². The lowest BCUT2D eigenvalue weighted by molar-refractivity contribution is 0.355. The summed E-state index contributed by atoms with van der Waals surface area (Å²) < 4.78 is 22.4. The van der Waals surface area contributed by atoms with E-state index in [0.717, 1.165) is 12.2 Å². The number of halogens is 1. The topological polar surface area (TPSA) is 72.0 Å². The minimum atomic E-state index is -0.913. The second-order valence-corrected chi connectivity index (χ2v) is 8.44. The van der Waals surface area contributed by atoms with Gasteiger partial charge in [0.2, 0.25) is 0 Å². The van der Waals surface area contributed by atoms with Crippen molar-refractivity contribution in [2.45, 2.75) is 32.4 Å². The van der Waals surface area contributed by atoms with Crippen molar-refractivity contribution in [3.63, 3.8) is 0 Å². The van der Waals surface area contributed by atoms with Crippen LogP contribution in [0.5, 0.6) is 11.5 Å². The minimum absolute atomic E-state index is 0. The van der Waals surface area contributed by atoms with Gasteiger partial charge in [-0.1, -0.05) is 0 Å². The van der Waals surface area contributed by atoms with E-state index in [-0.39, 0.29) is 28.7 Å². The fourth-order valence-corrected chi connectivity index (χ4v) is 2.77. The van der Waals surface area contributed by atoms with E-state index in [2.05, 4.69) is 15.6 Å². The molecule has 0 fully saturated rings. The zero-order chi connectivity index (χ0) is 18.2. The molecule has 144 valence electrons. The summed E-state index contributed by atoms with van der Waals surface area (Å²) in [5.41, 5.74) is 0.837. The van der Waals surface area contributed by atoms with Crippen LogP contribution in [0.1, 0.15) is 27.7 Å². The number of nitrogens with zero attached hydrogens (tertiary/aromatic N) is 1. The average molecular weight is 483 g/mol. The molecule has 0 bridgehead atoms. The summed E-state index contributed by atoms with van der Waals surface area (Å²) in [5.74, 6) is 2.50. The van der Waals surface area contributed by atoms with Gasteiger partial charge >= 0.3 is 0 Å². The molecule has 0 radical (unpaired) electrons. The Kier molecular flexibility index (Phi) is 11.1. The molecule has 0 heterocycles. The van der Waals surface area contributed by atoms with Crippen molar-refractivity contribution < 1.29 is 13.7 Å². The molecule has 0 aromatic heterocycles. The maximum Gasteiger partial charge on any atom is 0.195 e. The zero-order valence-electron chi connectivity index (χ0n) is 15.8. The molecule has 1 aromatic rings. The van der Waals surface area contributed by atoms with Crippen LogP contribution in [0.15, 0.2) is 23.2 Å². The first-order valence-corrected chi connectivity index (χ1v) is 9.29. The lowest BCUT2D eigenvalue weighted by Crippen LogP contribution is -2.32. The number of methoxy groups -OCH3 is 2. The van der Waals surface area contributed by atoms with Crippen LogP contribution in [0, 0.1) is 0 Å². The van der Waals surface area contributed by atoms with Gasteiger partial charge in [0, 0.05) is 39.6 Å². The van der Waals surface area contributed by atoms with Gasteiger partial charge in [-0.05, 0) is 39.8 Å². The van der Waals surface area contributed by atoms with E-state index >= 15 is 0 Å². The molecule has 0 aliphatic heterocycles. The fraction of sp³-hybridized carbons (Fsp3) is 0.588. The first-order valence-electron chi connectivity index (χ1n) is 7.97. The van der Waals surface area contributed by atoms with Crippen LogP contribution in [0.25, 0.3) is 0 Å². The molecule has 8 heteroatoms. The van der Waals surface area contributed by atoms with Gasteiger partial charge in [-0.2, -0.15) is 0 Å². The quantitative estimate of drug-likeness (QED) is 0.354. The van der Waals surface area contributed by atoms with Gasteiger partial charge in [0.05, 0.1) is 20.8 Å². The SMILES string of the molecule is CCNC(=NCCS(=O)C(C)(C)C)Nc1ccc(OC)c(OC)c1.I. The molecule has 0 saturated heterocycles. The lowest BCUT2D eigenvalue weighted by atomic mass is 10.3. The monoisotopic (exact) mass is 483 g/mol. The molecule has 25 heavy (non-hydrogen) atoms. The molecule has 6 nitrogen and oxygen atoms in total. The number of anilines is 1. The number of nitrogens with one attached hydrogen (secondary N) is 2. The van der Waals surface area contributed by atoms with Crippen LogP contribution in [-0.4, -0.2) is 48.0 Å². The van der Waals surface area contributed by atoms with Gasteiger partial charge < -0.3 is 20.1 Å². The zero-order valence-corrected chi connectivity index (χ0v) is 19.0. The molecule has 0 aliphatic carbocycles. The highest BCUT2D eigenvalue weighted by Gasteiger charge is 2.18. The van der Waals surface area contributed by atoms with Crippen LogP contribution in [0.3, 0.4) is 0 Å². The van der Waals surface area contributed by atoms with E-state index in [1.165, 1.54) is 0 Å². The van der Waals surface area contributed by atoms with Crippen LogP contribution >= 0.6 is 24.0 Å². The summed E-state index contributed by atoms with van der Waals surface area (Å²) in [6, 6.07) is 5.57. The van der Waals surface area contributed by atoms with Crippen molar-refractivity contribution >= 4 is 46.4 Å². The van der Waals surface area contributed by atoms with E-state index in [0.29, 0.717) is 29.8 Å². The number of benzene rings is 1. The highest BCUT2D eigenvalue weighted by molar-refractivity contribution is 14.0. The highest BCUT2D eigenvalue weighted by Crippen LogP contribution is 2.29. The van der Waals surface area contributed by atoms with Crippen molar-refractivity contribution in [1.82, 2.24) is 5.32 Å². The number of ether oxygens (including phenoxy) is 2. The number of hydrogen-bond acceptors (Lipinski definition) is 4. The van der Waals surface area contributed by atoms with Gasteiger partial charge in [0.1, 0.15) is 0 Å². The van der Waals surface area contributed by atoms with Crippen LogP contribution in [0.2, 0.25) is 0 Å². The van der Waals surface area contributed by atoms with Gasteiger partial charge in [0.15, 0.2) is 17.5 Å². The van der Waals surface area contributed by atoms with E-state index in [1.807, 2.05) is 45.9 Å². The van der Waals surface area contributed by atoms with Crippen LogP contribution in [0.4, 0.5) is 5.69 Å². The lowest BCUT2D eigenvalue weighted by Gasteiger charge is -2.17. The van der Waals surface area contributed by atoms with E-state index in [1.54, 1.807) is 14.2 Å². The second-order valence-electron chi connectivity index (χ2n) is 6.12. The van der Waals surface area contributed by atoms with Gasteiger partial charge in [-0.3, -0.25) is 9.20 Å². The smallest absolute Gasteiger partial charge is 0.195 e. The third-order valence-electron chi connectivity index (χ3n) is 3.22. The maximum absolute atomic E-state index is 12.1. The Morgan fingerprint density at radius 3 is 2.36 bits per heavy atom. The first kappa shape index (κ1) is 24.0. The molecule has 2 N–H and O–H groups in total. The molecule has 1 aromatic carbocycles. The highest BCUT2D eigenvalue weighted by atomic mass is 127. The van der Waals surface area contributed by atoms with Crippen molar-refractivity contribution in [3.8, 4) is 11.5 Å². The summed E-state index contributed by atoms with van der Waals surface area (Å²) in [7, 11) is 2.29. The third-order valence-corrected chi connectivity index (χ3v) is 5.14. The van der Waals surface area contributed by atoms with Crippen molar-refractivity contribution in [3.05, 3.63) is 18.2 Å². The summed E-state index contributed by atoms with van der Waals surface area (Å²) >= 11 is 0. The average Bonchev–Trinajstić information content (AvgIpc) is 2.53. The van der Waals surface area contributed by atoms with Crippen LogP contribution < -0.4 is 20.1 Å². The standard InChI is InChI=1S/C17H29N3O3S.HI/c1-7-18-16(19-10-11-24(21)17(2,3)4)20-13-8-9-14(22-5)15(12-13)23-6;/h8-9,12H,7,10-11H2,1-6H3,(H2,18,19,20);1H. The second kappa shape index (κ2) is 11.6. The largest absolute Gasteiger partial charge is 0.493 e. The van der Waals surface area contributed by atoms with Crippen molar-refractivity contribution in [2.24, 2.45) is 4.99 Å². The Morgan fingerprint density at radius 2 is 1.84 bits per heavy atom. The summed E-state index contributed by atoms with van der Waals surface area (Å²) in [6.45, 7) is 9.15. The Morgan fingerprint density at radius 1 is 1.20 bits per heavy atom. The van der Waals surface area contributed by atoms with Crippen LogP contribution in [-0.2, 0) is 10.8 Å². The minimum Gasteiger partial charge on any atom is -0.493 e. The number of aliphatic imine (C=N–C) groups is 1. The molecule has 1 atom stereocenters. The third kappa shape index (κ3) is 8.26. The predicted octanol–water partition coefficient (Wildman–Crippen LogP) is 3.25. The van der Waals surface area contributed by atoms with Gasteiger partial charge in [0.25, 0.3) is 0 Å². The number of rotatable bonds is 7. The number of guanidine groups is 1. The number of hydrogen-bond donors (Lipinski definition) is 2. The first-order chi connectivity index (χ1) is 11.3. The molecule has 0 amide bonds. The molecular weight excluding hydrogens is 453 g/mol. The summed E-state index contributed by atoms with van der Waals surface area (Å²) in [5, 5.41) is 6.40. The summed E-state index contributed by atoms with van der Waals surface area (Å²) in [6.07, 6.45) is 0. The molecular formula is C17H30IN3O3S. The molecule has 0 saturated carbocycles. The van der Waals surface area contributed by atoms with E-state index in [4.69, 9.17) is 9.47 Å². The molecule has 0 aliphatic rings. The summed E-state index contributed by atoms with van der Waals surface area (Å²) in [4.78, 5) is 4.49. The molecule has 1 unspecified atom stereocenters. The Bertz CT molecular complexity index is 589. The Labute approximate surface area is 170 Å². The normalized spacial score (nSPS) is 12.8.